The third kappa shape index (κ3) is 5.10. The highest BCUT2D eigenvalue weighted by Gasteiger charge is 2.28. The van der Waals surface area contributed by atoms with Crippen LogP contribution in [0.1, 0.15) is 29.6 Å². The minimum Gasteiger partial charge on any atom is -0.486 e. The van der Waals surface area contributed by atoms with Gasteiger partial charge >= 0.3 is 0 Å². The van der Waals surface area contributed by atoms with E-state index in [1.54, 1.807) is 30.0 Å². The van der Waals surface area contributed by atoms with Gasteiger partial charge in [-0.05, 0) is 55.3 Å². The predicted molar refractivity (Wildman–Crippen MR) is 118 cm³/mol. The number of amides is 1. The van der Waals surface area contributed by atoms with E-state index in [-0.39, 0.29) is 17.6 Å². The average Bonchev–Trinajstić information content (AvgIpc) is 2.79. The van der Waals surface area contributed by atoms with E-state index in [0.29, 0.717) is 67.7 Å². The van der Waals surface area contributed by atoms with Gasteiger partial charge < -0.3 is 14.4 Å². The summed E-state index contributed by atoms with van der Waals surface area (Å²) >= 11 is 7.55. The van der Waals surface area contributed by atoms with E-state index in [4.69, 9.17) is 21.1 Å². The Balaban J connectivity index is 1.24. The second-order valence-corrected chi connectivity index (χ2v) is 9.03. The average molecular weight is 446 g/mol. The number of ether oxygens (including phenoxy) is 2. The van der Waals surface area contributed by atoms with Crippen LogP contribution in [0, 0.1) is 5.92 Å². The normalized spacial score (nSPS) is 16.4. The van der Waals surface area contributed by atoms with Crippen LogP contribution in [-0.4, -0.2) is 48.6 Å². The molecule has 1 amide bonds. The van der Waals surface area contributed by atoms with Gasteiger partial charge in [0.05, 0.1) is 0 Å². The van der Waals surface area contributed by atoms with Gasteiger partial charge in [0.25, 0.3) is 0 Å². The summed E-state index contributed by atoms with van der Waals surface area (Å²) in [6.07, 6.45) is 1.89. The van der Waals surface area contributed by atoms with Crippen molar-refractivity contribution >= 4 is 35.1 Å². The first kappa shape index (κ1) is 21.1. The Morgan fingerprint density at radius 3 is 2.43 bits per heavy atom. The molecular formula is C23H24ClNO4S. The second-order valence-electron chi connectivity index (χ2n) is 7.43. The lowest BCUT2D eigenvalue weighted by Gasteiger charge is -2.31. The molecule has 4 rings (SSSR count). The van der Waals surface area contributed by atoms with Gasteiger partial charge in [-0.3, -0.25) is 9.59 Å². The predicted octanol–water partition coefficient (Wildman–Crippen LogP) is 4.71. The van der Waals surface area contributed by atoms with Crippen LogP contribution in [0.5, 0.6) is 11.5 Å². The number of piperidine rings is 1. The van der Waals surface area contributed by atoms with Crippen LogP contribution < -0.4 is 9.47 Å². The summed E-state index contributed by atoms with van der Waals surface area (Å²) in [5.74, 6) is 2.28. The topological polar surface area (TPSA) is 55.8 Å². The van der Waals surface area contributed by atoms with Crippen molar-refractivity contribution in [3.05, 3.63) is 53.1 Å². The van der Waals surface area contributed by atoms with E-state index in [1.165, 1.54) is 0 Å². The molecule has 2 aliphatic heterocycles. The fourth-order valence-corrected chi connectivity index (χ4v) is 4.74. The van der Waals surface area contributed by atoms with E-state index in [9.17, 15) is 9.59 Å². The molecular weight excluding hydrogens is 422 g/mol. The Morgan fingerprint density at radius 2 is 1.70 bits per heavy atom. The number of carbonyl (C=O) groups is 2. The number of Topliss-reactive ketones (excluding diaryl/α,β-unsaturated/α-hetero) is 1. The summed E-state index contributed by atoms with van der Waals surface area (Å²) in [5.41, 5.74) is 0.656. The van der Waals surface area contributed by atoms with E-state index in [0.717, 1.165) is 10.6 Å². The number of fused-ring (bicyclic) bond motifs is 1. The van der Waals surface area contributed by atoms with E-state index >= 15 is 0 Å². The van der Waals surface area contributed by atoms with Crippen LogP contribution in [0.2, 0.25) is 5.02 Å². The molecule has 2 aromatic carbocycles. The monoisotopic (exact) mass is 445 g/mol. The Labute approximate surface area is 185 Å². The number of hydrogen-bond acceptors (Lipinski definition) is 5. The number of hydrogen-bond donors (Lipinski definition) is 0. The number of halogens is 1. The van der Waals surface area contributed by atoms with Crippen molar-refractivity contribution < 1.29 is 19.1 Å². The zero-order valence-corrected chi connectivity index (χ0v) is 18.2. The van der Waals surface area contributed by atoms with Crippen LogP contribution in [0.25, 0.3) is 0 Å². The molecule has 7 heteroatoms. The van der Waals surface area contributed by atoms with Gasteiger partial charge in [0.1, 0.15) is 13.2 Å². The number of benzene rings is 2. The van der Waals surface area contributed by atoms with E-state index in [1.807, 2.05) is 29.2 Å². The molecule has 0 radical (unpaired) electrons. The fraction of sp³-hybridized carbons (Fsp3) is 0.391. The van der Waals surface area contributed by atoms with Gasteiger partial charge in [0.2, 0.25) is 5.91 Å². The molecule has 2 heterocycles. The Bertz CT molecular complexity index is 910. The molecule has 0 aromatic heterocycles. The summed E-state index contributed by atoms with van der Waals surface area (Å²) < 4.78 is 11.1. The Hall–Kier alpha value is -2.18. The van der Waals surface area contributed by atoms with Crippen molar-refractivity contribution in [1.29, 1.82) is 0 Å². The van der Waals surface area contributed by atoms with Crippen LogP contribution >= 0.6 is 23.4 Å². The highest BCUT2D eigenvalue weighted by Crippen LogP contribution is 2.32. The Morgan fingerprint density at radius 1 is 1.00 bits per heavy atom. The molecule has 0 bridgehead atoms. The molecule has 0 N–H and O–H groups in total. The number of likely N-dealkylation sites (tertiary alicyclic amines) is 1. The molecule has 0 unspecified atom stereocenters. The minimum atomic E-state index is -0.0555. The smallest absolute Gasteiger partial charge is 0.223 e. The standard InChI is InChI=1S/C23H24ClNO4S/c24-18-2-4-19(5-3-18)30-14-9-22(26)25-10-7-16(8-11-25)23(27)17-1-6-20-21(15-17)29-13-12-28-20/h1-6,15-16H,7-14H2. The zero-order valence-electron chi connectivity index (χ0n) is 16.6. The number of thioether (sulfide) groups is 1. The van der Waals surface area contributed by atoms with Crippen LogP contribution in [0.3, 0.4) is 0 Å². The summed E-state index contributed by atoms with van der Waals surface area (Å²) in [5, 5.41) is 0.712. The van der Waals surface area contributed by atoms with Gasteiger partial charge in [-0.1, -0.05) is 11.6 Å². The van der Waals surface area contributed by atoms with Crippen molar-refractivity contribution in [2.24, 2.45) is 5.92 Å². The molecule has 158 valence electrons. The first-order valence-corrected chi connectivity index (χ1v) is 11.6. The fourth-order valence-electron chi connectivity index (χ4n) is 3.77. The SMILES string of the molecule is O=C(c1ccc2c(c1)OCCO2)C1CCN(C(=O)CCSc2ccc(Cl)cc2)CC1. The molecule has 0 spiro atoms. The molecule has 1 saturated heterocycles. The lowest BCUT2D eigenvalue weighted by molar-refractivity contribution is -0.131. The van der Waals surface area contributed by atoms with Gasteiger partial charge in [-0.25, -0.2) is 0 Å². The molecule has 2 aliphatic rings. The first-order chi connectivity index (χ1) is 14.6. The molecule has 0 saturated carbocycles. The molecule has 2 aromatic rings. The number of rotatable bonds is 6. The number of nitrogens with zero attached hydrogens (tertiary/aromatic N) is 1. The second kappa shape index (κ2) is 9.75. The third-order valence-electron chi connectivity index (χ3n) is 5.44. The van der Waals surface area contributed by atoms with Crippen LogP contribution in [0.15, 0.2) is 47.4 Å². The lowest BCUT2D eigenvalue weighted by atomic mass is 9.88. The van der Waals surface area contributed by atoms with Crippen molar-refractivity contribution in [3.8, 4) is 11.5 Å². The highest BCUT2D eigenvalue weighted by molar-refractivity contribution is 7.99. The maximum atomic E-state index is 12.9. The maximum absolute atomic E-state index is 12.9. The highest BCUT2D eigenvalue weighted by atomic mass is 35.5. The first-order valence-electron chi connectivity index (χ1n) is 10.2. The number of ketones is 1. The molecule has 1 fully saturated rings. The molecule has 30 heavy (non-hydrogen) atoms. The quantitative estimate of drug-likeness (QED) is 0.476. The summed E-state index contributed by atoms with van der Waals surface area (Å²) in [6.45, 7) is 2.29. The molecule has 0 atom stereocenters. The summed E-state index contributed by atoms with van der Waals surface area (Å²) in [4.78, 5) is 28.4. The van der Waals surface area contributed by atoms with E-state index in [2.05, 4.69) is 0 Å². The zero-order chi connectivity index (χ0) is 20.9. The Kier molecular flexibility index (Phi) is 6.85. The van der Waals surface area contributed by atoms with Crippen molar-refractivity contribution in [2.45, 2.75) is 24.2 Å². The van der Waals surface area contributed by atoms with E-state index < -0.39 is 0 Å². The largest absolute Gasteiger partial charge is 0.486 e. The lowest BCUT2D eigenvalue weighted by Crippen LogP contribution is -2.40. The molecule has 0 aliphatic carbocycles. The third-order valence-corrected chi connectivity index (χ3v) is 6.71. The summed E-state index contributed by atoms with van der Waals surface area (Å²) in [6, 6.07) is 13.0. The number of carbonyl (C=O) groups excluding carboxylic acids is 2. The van der Waals surface area contributed by atoms with Crippen LogP contribution in [0.4, 0.5) is 0 Å². The van der Waals surface area contributed by atoms with Crippen LogP contribution in [-0.2, 0) is 4.79 Å². The van der Waals surface area contributed by atoms with Gasteiger partial charge in [0, 0.05) is 46.7 Å². The maximum Gasteiger partial charge on any atom is 0.223 e. The van der Waals surface area contributed by atoms with Crippen molar-refractivity contribution in [2.75, 3.05) is 32.1 Å². The molecule has 5 nitrogen and oxygen atoms in total. The van der Waals surface area contributed by atoms with Gasteiger partial charge in [-0.15, -0.1) is 11.8 Å². The van der Waals surface area contributed by atoms with Crippen molar-refractivity contribution in [1.82, 2.24) is 4.90 Å². The van der Waals surface area contributed by atoms with Crippen molar-refractivity contribution in [3.63, 3.8) is 0 Å². The van der Waals surface area contributed by atoms with Gasteiger partial charge in [0.15, 0.2) is 17.3 Å². The van der Waals surface area contributed by atoms with Gasteiger partial charge in [-0.2, -0.15) is 0 Å². The minimum absolute atomic E-state index is 0.0555. The summed E-state index contributed by atoms with van der Waals surface area (Å²) in [7, 11) is 0.